The minimum Gasteiger partial charge on any atom is -0.348 e. The van der Waals surface area contributed by atoms with E-state index in [2.05, 4.69) is 21.9 Å². The quantitative estimate of drug-likeness (QED) is 0.797. The molecule has 120 valence electrons. The maximum Gasteiger partial charge on any atom is 0.149 e. The normalized spacial score (nSPS) is 26.4. The second-order valence-electron chi connectivity index (χ2n) is 6.20. The largest absolute Gasteiger partial charge is 0.348 e. The highest BCUT2D eigenvalue weighted by atomic mass is 19.1. The van der Waals surface area contributed by atoms with Crippen LogP contribution in [0.4, 0.5) is 8.78 Å². The number of rotatable bonds is 1. The lowest BCUT2D eigenvalue weighted by atomic mass is 10.0. The zero-order valence-corrected chi connectivity index (χ0v) is 12.9. The first kappa shape index (κ1) is 14.4. The SMILES string of the molecule is CC1CN=C2C=CC(N3CCCC3c3cc(F)ccc3F)=NN21. The number of hydrogen-bond acceptors (Lipinski definition) is 4. The summed E-state index contributed by atoms with van der Waals surface area (Å²) in [6, 6.07) is 3.72. The van der Waals surface area contributed by atoms with Crippen molar-refractivity contribution >= 4 is 11.7 Å². The second-order valence-corrected chi connectivity index (χ2v) is 6.20. The van der Waals surface area contributed by atoms with Crippen molar-refractivity contribution in [2.45, 2.75) is 31.8 Å². The first-order valence-corrected chi connectivity index (χ1v) is 7.95. The maximum atomic E-state index is 14.2. The Kier molecular flexibility index (Phi) is 3.39. The number of halogens is 2. The summed E-state index contributed by atoms with van der Waals surface area (Å²) in [7, 11) is 0. The third kappa shape index (κ3) is 2.42. The summed E-state index contributed by atoms with van der Waals surface area (Å²) in [5.41, 5.74) is 0.410. The van der Waals surface area contributed by atoms with Gasteiger partial charge in [0, 0.05) is 12.1 Å². The number of fused-ring (bicyclic) bond motifs is 1. The molecule has 1 saturated heterocycles. The zero-order chi connectivity index (χ0) is 16.0. The third-order valence-electron chi connectivity index (χ3n) is 4.63. The molecule has 0 radical (unpaired) electrons. The molecule has 6 heteroatoms. The number of hydrogen-bond donors (Lipinski definition) is 0. The van der Waals surface area contributed by atoms with Crippen molar-refractivity contribution in [1.82, 2.24) is 9.91 Å². The van der Waals surface area contributed by atoms with Gasteiger partial charge >= 0.3 is 0 Å². The third-order valence-corrected chi connectivity index (χ3v) is 4.63. The molecule has 0 amide bonds. The number of amidine groups is 2. The zero-order valence-electron chi connectivity index (χ0n) is 12.9. The van der Waals surface area contributed by atoms with E-state index in [1.54, 1.807) is 0 Å². The molecule has 0 spiro atoms. The molecule has 3 aliphatic heterocycles. The predicted molar refractivity (Wildman–Crippen MR) is 85.2 cm³/mol. The molecule has 3 heterocycles. The van der Waals surface area contributed by atoms with Crippen molar-refractivity contribution in [3.8, 4) is 0 Å². The summed E-state index contributed by atoms with van der Waals surface area (Å²) >= 11 is 0. The van der Waals surface area contributed by atoms with Crippen LogP contribution in [0.2, 0.25) is 0 Å². The molecule has 4 rings (SSSR count). The van der Waals surface area contributed by atoms with E-state index in [4.69, 9.17) is 0 Å². The molecule has 1 aromatic rings. The lowest BCUT2D eigenvalue weighted by Gasteiger charge is -2.31. The Balaban J connectivity index is 1.66. The first-order valence-electron chi connectivity index (χ1n) is 7.95. The molecule has 1 fully saturated rings. The summed E-state index contributed by atoms with van der Waals surface area (Å²) < 4.78 is 27.7. The average molecular weight is 316 g/mol. The fraction of sp³-hybridized carbons (Fsp3) is 0.412. The molecule has 23 heavy (non-hydrogen) atoms. The monoisotopic (exact) mass is 316 g/mol. The first-order chi connectivity index (χ1) is 11.1. The van der Waals surface area contributed by atoms with Gasteiger partial charge in [0.1, 0.15) is 23.3 Å². The lowest BCUT2D eigenvalue weighted by Crippen LogP contribution is -2.38. The fourth-order valence-corrected chi connectivity index (χ4v) is 3.46. The van der Waals surface area contributed by atoms with Gasteiger partial charge in [-0.15, -0.1) is 0 Å². The Labute approximate surface area is 133 Å². The van der Waals surface area contributed by atoms with Crippen LogP contribution in [0.1, 0.15) is 31.4 Å². The van der Waals surface area contributed by atoms with Crippen molar-refractivity contribution in [3.63, 3.8) is 0 Å². The summed E-state index contributed by atoms with van der Waals surface area (Å²) in [6.07, 6.45) is 5.60. The van der Waals surface area contributed by atoms with Crippen molar-refractivity contribution in [1.29, 1.82) is 0 Å². The van der Waals surface area contributed by atoms with Crippen molar-refractivity contribution < 1.29 is 8.78 Å². The predicted octanol–water partition coefficient (Wildman–Crippen LogP) is 3.09. The molecule has 0 bridgehead atoms. The minimum absolute atomic E-state index is 0.175. The highest BCUT2D eigenvalue weighted by Crippen LogP contribution is 2.35. The van der Waals surface area contributed by atoms with Gasteiger partial charge in [-0.3, -0.25) is 4.99 Å². The molecule has 0 saturated carbocycles. The van der Waals surface area contributed by atoms with E-state index in [0.717, 1.165) is 43.7 Å². The van der Waals surface area contributed by atoms with Crippen LogP contribution in [-0.4, -0.2) is 40.7 Å². The topological polar surface area (TPSA) is 31.2 Å². The number of aliphatic imine (C=N–C) groups is 1. The molecule has 0 aliphatic carbocycles. The Hall–Kier alpha value is -2.24. The van der Waals surface area contributed by atoms with E-state index in [0.29, 0.717) is 5.56 Å². The van der Waals surface area contributed by atoms with E-state index in [1.165, 1.54) is 12.1 Å². The van der Waals surface area contributed by atoms with Gasteiger partial charge in [0.2, 0.25) is 0 Å². The van der Waals surface area contributed by atoms with Gasteiger partial charge in [-0.1, -0.05) is 0 Å². The highest BCUT2D eigenvalue weighted by Gasteiger charge is 2.33. The van der Waals surface area contributed by atoms with Gasteiger partial charge < -0.3 is 4.90 Å². The number of nitrogens with zero attached hydrogens (tertiary/aromatic N) is 4. The van der Waals surface area contributed by atoms with Crippen LogP contribution in [0.5, 0.6) is 0 Å². The van der Waals surface area contributed by atoms with Gasteiger partial charge in [0.05, 0.1) is 18.6 Å². The lowest BCUT2D eigenvalue weighted by molar-refractivity contribution is 0.345. The minimum atomic E-state index is -0.406. The number of benzene rings is 1. The van der Waals surface area contributed by atoms with Gasteiger partial charge in [-0.05, 0) is 50.1 Å². The van der Waals surface area contributed by atoms with Crippen LogP contribution in [-0.2, 0) is 0 Å². The molecule has 0 aromatic heterocycles. The van der Waals surface area contributed by atoms with Crippen LogP contribution in [0.15, 0.2) is 40.4 Å². The Morgan fingerprint density at radius 3 is 2.87 bits per heavy atom. The molecular formula is C17H18F2N4. The smallest absolute Gasteiger partial charge is 0.149 e. The van der Waals surface area contributed by atoms with Crippen LogP contribution in [0.3, 0.4) is 0 Å². The molecule has 3 aliphatic rings. The van der Waals surface area contributed by atoms with Gasteiger partial charge in [-0.25, -0.2) is 13.8 Å². The Morgan fingerprint density at radius 1 is 1.17 bits per heavy atom. The van der Waals surface area contributed by atoms with Crippen LogP contribution in [0.25, 0.3) is 0 Å². The van der Waals surface area contributed by atoms with E-state index in [9.17, 15) is 8.78 Å². The van der Waals surface area contributed by atoms with Crippen LogP contribution < -0.4 is 0 Å². The molecule has 1 aromatic carbocycles. The van der Waals surface area contributed by atoms with E-state index >= 15 is 0 Å². The summed E-state index contributed by atoms with van der Waals surface area (Å²) in [5.74, 6) is 0.898. The Bertz CT molecular complexity index is 725. The summed E-state index contributed by atoms with van der Waals surface area (Å²) in [5, 5.41) is 6.59. The van der Waals surface area contributed by atoms with E-state index < -0.39 is 5.82 Å². The van der Waals surface area contributed by atoms with Crippen LogP contribution >= 0.6 is 0 Å². The summed E-state index contributed by atoms with van der Waals surface area (Å²) in [6.45, 7) is 3.60. The van der Waals surface area contributed by atoms with Crippen molar-refractivity contribution in [3.05, 3.63) is 47.5 Å². The average Bonchev–Trinajstić information content (AvgIpc) is 3.17. The molecular weight excluding hydrogens is 298 g/mol. The van der Waals surface area contributed by atoms with Gasteiger partial charge in [-0.2, -0.15) is 5.10 Å². The van der Waals surface area contributed by atoms with E-state index in [1.807, 2.05) is 17.2 Å². The van der Waals surface area contributed by atoms with Gasteiger partial charge in [0.15, 0.2) is 0 Å². The molecule has 4 nitrogen and oxygen atoms in total. The standard InChI is InChI=1S/C17H18F2N4/c1-11-10-20-16-6-7-17(21-23(11)16)22-8-2-3-15(22)13-9-12(18)4-5-14(13)19/h4-7,9,11,15H,2-3,8,10H2,1H3. The highest BCUT2D eigenvalue weighted by molar-refractivity contribution is 6.06. The molecule has 0 N–H and O–H groups in total. The Morgan fingerprint density at radius 2 is 2.00 bits per heavy atom. The van der Waals surface area contributed by atoms with Gasteiger partial charge in [0.25, 0.3) is 0 Å². The summed E-state index contributed by atoms with van der Waals surface area (Å²) in [4.78, 5) is 6.49. The number of likely N-dealkylation sites (tertiary alicyclic amines) is 1. The second kappa shape index (κ2) is 5.44. The van der Waals surface area contributed by atoms with Crippen LogP contribution in [0, 0.1) is 11.6 Å². The van der Waals surface area contributed by atoms with Crippen molar-refractivity contribution in [2.24, 2.45) is 10.1 Å². The van der Waals surface area contributed by atoms with E-state index in [-0.39, 0.29) is 17.9 Å². The number of hydrazone groups is 1. The maximum absolute atomic E-state index is 14.2. The molecule has 2 atom stereocenters. The fourth-order valence-electron chi connectivity index (χ4n) is 3.46. The van der Waals surface area contributed by atoms with Crippen molar-refractivity contribution in [2.75, 3.05) is 13.1 Å². The molecule has 2 unspecified atom stereocenters.